The van der Waals surface area contributed by atoms with Gasteiger partial charge in [0.25, 0.3) is 9.76 Å². The number of hydrogen-bond acceptors (Lipinski definition) is 5. The molecule has 1 N–H and O–H groups in total. The SMILES string of the molecule is O=[N+]([O-])c1c(F)c(F)c(F)c([Si]O)c1[N+](=O)[O-]. The van der Waals surface area contributed by atoms with Gasteiger partial charge in [0.1, 0.15) is 0 Å². The summed E-state index contributed by atoms with van der Waals surface area (Å²) in [4.78, 5) is 26.5. The summed E-state index contributed by atoms with van der Waals surface area (Å²) in [5.74, 6) is -6.53. The van der Waals surface area contributed by atoms with Crippen molar-refractivity contribution in [2.75, 3.05) is 0 Å². The molecule has 7 nitrogen and oxygen atoms in total. The highest BCUT2D eigenvalue weighted by atomic mass is 28.2. The Morgan fingerprint density at radius 3 is 1.76 bits per heavy atom. The lowest BCUT2D eigenvalue weighted by Gasteiger charge is -2.03. The van der Waals surface area contributed by atoms with Gasteiger partial charge in [-0.25, -0.2) is 8.78 Å². The Balaban J connectivity index is 3.86. The maximum atomic E-state index is 13.0. The fourth-order valence-electron chi connectivity index (χ4n) is 1.08. The molecule has 2 radical (unpaired) electrons. The molecule has 0 saturated heterocycles. The minimum atomic E-state index is -2.28. The lowest BCUT2D eigenvalue weighted by Crippen LogP contribution is -2.26. The fraction of sp³-hybridized carbons (Fsp3) is 0. The molecule has 1 aromatic carbocycles. The molecule has 0 aromatic heterocycles. The first-order valence-electron chi connectivity index (χ1n) is 3.72. The first-order valence-corrected chi connectivity index (χ1v) is 4.67. The quantitative estimate of drug-likeness (QED) is 0.363. The van der Waals surface area contributed by atoms with E-state index in [9.17, 15) is 33.4 Å². The summed E-state index contributed by atoms with van der Waals surface area (Å²) in [5, 5.41) is 19.6. The molecule has 1 aromatic rings. The number of benzene rings is 1. The summed E-state index contributed by atoms with van der Waals surface area (Å²) in [6.45, 7) is 0. The van der Waals surface area contributed by atoms with Gasteiger partial charge in [-0.05, 0) is 0 Å². The summed E-state index contributed by atoms with van der Waals surface area (Å²) < 4.78 is 38.9. The van der Waals surface area contributed by atoms with Gasteiger partial charge in [0.2, 0.25) is 11.6 Å². The van der Waals surface area contributed by atoms with Crippen molar-refractivity contribution < 1.29 is 27.8 Å². The molecule has 0 fully saturated rings. The van der Waals surface area contributed by atoms with Crippen LogP contribution in [0.1, 0.15) is 0 Å². The molecule has 0 heterocycles. The molecule has 11 heteroatoms. The van der Waals surface area contributed by atoms with Crippen molar-refractivity contribution in [3.05, 3.63) is 37.7 Å². The van der Waals surface area contributed by atoms with Crippen molar-refractivity contribution in [1.82, 2.24) is 0 Å². The van der Waals surface area contributed by atoms with Gasteiger partial charge >= 0.3 is 11.4 Å². The Labute approximate surface area is 92.7 Å². The highest BCUT2D eigenvalue weighted by molar-refractivity contribution is 6.48. The molecule has 0 aliphatic carbocycles. The number of nitro benzene ring substituents is 2. The molecule has 17 heavy (non-hydrogen) atoms. The zero-order valence-electron chi connectivity index (χ0n) is 7.61. The van der Waals surface area contributed by atoms with Gasteiger partial charge in [-0.2, -0.15) is 4.39 Å². The highest BCUT2D eigenvalue weighted by Crippen LogP contribution is 2.30. The van der Waals surface area contributed by atoms with E-state index in [-0.39, 0.29) is 0 Å². The third-order valence-corrected chi connectivity index (χ3v) is 2.43. The first-order chi connectivity index (χ1) is 7.82. The van der Waals surface area contributed by atoms with Crippen LogP contribution in [0.2, 0.25) is 0 Å². The zero-order chi connectivity index (χ0) is 13.3. The fourth-order valence-corrected chi connectivity index (χ4v) is 1.61. The van der Waals surface area contributed by atoms with Gasteiger partial charge in [-0.1, -0.05) is 0 Å². The van der Waals surface area contributed by atoms with E-state index < -0.39 is 53.6 Å². The van der Waals surface area contributed by atoms with Gasteiger partial charge < -0.3 is 4.80 Å². The van der Waals surface area contributed by atoms with E-state index in [4.69, 9.17) is 4.80 Å². The van der Waals surface area contributed by atoms with Crippen molar-refractivity contribution in [3.63, 3.8) is 0 Å². The van der Waals surface area contributed by atoms with Gasteiger partial charge in [-0.15, -0.1) is 0 Å². The number of nitrogens with zero attached hydrogens (tertiary/aromatic N) is 2. The summed E-state index contributed by atoms with van der Waals surface area (Å²) in [6, 6.07) is 0. The largest absolute Gasteiger partial charge is 0.427 e. The van der Waals surface area contributed by atoms with E-state index in [1.807, 2.05) is 0 Å². The van der Waals surface area contributed by atoms with Crippen molar-refractivity contribution in [2.24, 2.45) is 0 Å². The van der Waals surface area contributed by atoms with Crippen LogP contribution in [0.25, 0.3) is 0 Å². The van der Waals surface area contributed by atoms with Crippen molar-refractivity contribution in [1.29, 1.82) is 0 Å². The monoisotopic (exact) mass is 266 g/mol. The number of rotatable bonds is 3. The topological polar surface area (TPSA) is 107 Å². The van der Waals surface area contributed by atoms with E-state index in [1.54, 1.807) is 0 Å². The molecule has 0 atom stereocenters. The second-order valence-electron chi connectivity index (χ2n) is 2.64. The van der Waals surface area contributed by atoms with Crippen LogP contribution >= 0.6 is 0 Å². The summed E-state index contributed by atoms with van der Waals surface area (Å²) in [7, 11) is -1.63. The smallest absolute Gasteiger partial charge is 0.384 e. The molecule has 0 aliphatic heterocycles. The minimum absolute atomic E-state index is 1.25. The number of hydrogen-bond donors (Lipinski definition) is 1. The van der Waals surface area contributed by atoms with Gasteiger partial charge in [-0.3, -0.25) is 20.2 Å². The maximum Gasteiger partial charge on any atom is 0.384 e. The molecule has 0 saturated carbocycles. The first kappa shape index (κ1) is 13.1. The van der Waals surface area contributed by atoms with Crippen molar-refractivity contribution in [2.45, 2.75) is 0 Å². The Hall–Kier alpha value is -2.01. The predicted molar refractivity (Wildman–Crippen MR) is 47.2 cm³/mol. The van der Waals surface area contributed by atoms with Crippen LogP contribution in [0.3, 0.4) is 0 Å². The van der Waals surface area contributed by atoms with Gasteiger partial charge in [0.05, 0.1) is 15.0 Å². The van der Waals surface area contributed by atoms with Gasteiger partial charge in [0.15, 0.2) is 5.82 Å². The Morgan fingerprint density at radius 2 is 1.41 bits per heavy atom. The predicted octanol–water partition coefficient (Wildman–Crippen LogP) is 0.157. The van der Waals surface area contributed by atoms with E-state index in [2.05, 4.69) is 0 Å². The van der Waals surface area contributed by atoms with Crippen molar-refractivity contribution in [3.8, 4) is 0 Å². The lowest BCUT2D eigenvalue weighted by atomic mass is 10.2. The van der Waals surface area contributed by atoms with Crippen LogP contribution in [0.5, 0.6) is 0 Å². The van der Waals surface area contributed by atoms with Crippen LogP contribution in [0, 0.1) is 37.7 Å². The van der Waals surface area contributed by atoms with E-state index in [0.29, 0.717) is 0 Å². The zero-order valence-corrected chi connectivity index (χ0v) is 8.61. The average Bonchev–Trinajstić information content (AvgIpc) is 2.24. The third kappa shape index (κ3) is 1.96. The molecule has 0 spiro atoms. The summed E-state index contributed by atoms with van der Waals surface area (Å²) in [6.07, 6.45) is 0. The van der Waals surface area contributed by atoms with Crippen molar-refractivity contribution >= 4 is 26.3 Å². The molecule has 1 rings (SSSR count). The molecule has 0 aliphatic rings. The molecular formula is C6HF3N2O5Si. The number of halogens is 3. The van der Waals surface area contributed by atoms with Crippen LogP contribution in [-0.4, -0.2) is 24.4 Å². The maximum absolute atomic E-state index is 13.0. The molecule has 0 bridgehead atoms. The third-order valence-electron chi connectivity index (χ3n) is 1.75. The minimum Gasteiger partial charge on any atom is -0.427 e. The molecular weight excluding hydrogens is 265 g/mol. The van der Waals surface area contributed by atoms with Crippen LogP contribution in [0.15, 0.2) is 0 Å². The molecule has 0 unspecified atom stereocenters. The average molecular weight is 266 g/mol. The van der Waals surface area contributed by atoms with Crippen LogP contribution in [0.4, 0.5) is 24.5 Å². The van der Waals surface area contributed by atoms with Gasteiger partial charge in [0, 0.05) is 0 Å². The second kappa shape index (κ2) is 4.46. The Bertz CT molecular complexity index is 523. The van der Waals surface area contributed by atoms with Crippen LogP contribution < -0.4 is 5.19 Å². The molecule has 90 valence electrons. The standard InChI is InChI=1S/C6HF3N2O5Si/c7-1-2(8)4(10(12)13)5(11(14)15)6(17-16)3(1)9/h16H. The van der Waals surface area contributed by atoms with Crippen LogP contribution in [-0.2, 0) is 0 Å². The molecule has 0 amide bonds. The van der Waals surface area contributed by atoms with E-state index >= 15 is 0 Å². The highest BCUT2D eigenvalue weighted by Gasteiger charge is 2.39. The van der Waals surface area contributed by atoms with E-state index in [1.165, 1.54) is 0 Å². The lowest BCUT2D eigenvalue weighted by molar-refractivity contribution is -0.423. The summed E-state index contributed by atoms with van der Waals surface area (Å²) >= 11 is 0. The van der Waals surface area contributed by atoms with E-state index in [0.717, 1.165) is 0 Å². The Kier molecular flexibility index (Phi) is 3.43. The normalized spacial score (nSPS) is 10.4. The summed E-state index contributed by atoms with van der Waals surface area (Å²) in [5.41, 5.74) is -3.40. The Morgan fingerprint density at radius 1 is 0.941 bits per heavy atom. The second-order valence-corrected chi connectivity index (χ2v) is 3.36. The number of nitro groups is 2.